The average Bonchev–Trinajstić information content (AvgIpc) is 2.62. The molecule has 0 spiro atoms. The van der Waals surface area contributed by atoms with Gasteiger partial charge >= 0.3 is 0 Å². The molecular formula is C19H14ClFN2O. The molecule has 1 N–H and O–H groups in total. The zero-order chi connectivity index (χ0) is 16.9. The van der Waals surface area contributed by atoms with Crippen molar-refractivity contribution in [2.24, 2.45) is 0 Å². The molecule has 1 aromatic heterocycles. The highest BCUT2D eigenvalue weighted by Crippen LogP contribution is 2.22. The van der Waals surface area contributed by atoms with Crippen LogP contribution in [0.5, 0.6) is 0 Å². The Bertz CT molecular complexity index is 820. The van der Waals surface area contributed by atoms with Crippen LogP contribution in [0, 0.1) is 5.82 Å². The molecule has 0 radical (unpaired) electrons. The summed E-state index contributed by atoms with van der Waals surface area (Å²) < 4.78 is 13.2. The number of carbonyl (C=O) groups excluding carboxylic acids is 1. The quantitative estimate of drug-likeness (QED) is 0.765. The molecule has 3 aromatic rings. The summed E-state index contributed by atoms with van der Waals surface area (Å²) in [5.41, 5.74) is 2.14. The molecule has 0 saturated carbocycles. The molecule has 0 saturated heterocycles. The van der Waals surface area contributed by atoms with E-state index in [1.54, 1.807) is 48.8 Å². The first kappa shape index (κ1) is 16.1. The summed E-state index contributed by atoms with van der Waals surface area (Å²) in [5, 5.41) is 3.54. The topological polar surface area (TPSA) is 42.0 Å². The van der Waals surface area contributed by atoms with Crippen molar-refractivity contribution in [3.63, 3.8) is 0 Å². The smallest absolute Gasteiger partial charge is 0.252 e. The number of carbonyl (C=O) groups is 1. The fourth-order valence-electron chi connectivity index (χ4n) is 2.39. The Kier molecular flexibility index (Phi) is 4.87. The van der Waals surface area contributed by atoms with Crippen LogP contribution in [0.1, 0.15) is 27.5 Å². The lowest BCUT2D eigenvalue weighted by Gasteiger charge is -2.20. The Morgan fingerprint density at radius 3 is 2.12 bits per heavy atom. The van der Waals surface area contributed by atoms with E-state index < -0.39 is 6.04 Å². The van der Waals surface area contributed by atoms with Gasteiger partial charge in [-0.1, -0.05) is 23.7 Å². The van der Waals surface area contributed by atoms with Gasteiger partial charge in [0, 0.05) is 23.0 Å². The molecular weight excluding hydrogens is 327 g/mol. The molecule has 1 unspecified atom stereocenters. The fourth-order valence-corrected chi connectivity index (χ4v) is 2.51. The first-order valence-electron chi connectivity index (χ1n) is 7.35. The van der Waals surface area contributed by atoms with E-state index in [0.717, 1.165) is 11.1 Å². The molecule has 120 valence electrons. The largest absolute Gasteiger partial charge is 0.341 e. The molecule has 1 heterocycles. The van der Waals surface area contributed by atoms with Gasteiger partial charge in [-0.25, -0.2) is 4.39 Å². The average molecular weight is 341 g/mol. The number of halogens is 2. The minimum Gasteiger partial charge on any atom is -0.341 e. The van der Waals surface area contributed by atoms with Gasteiger partial charge in [0.15, 0.2) is 0 Å². The van der Waals surface area contributed by atoms with Crippen molar-refractivity contribution < 1.29 is 9.18 Å². The minimum absolute atomic E-state index is 0.238. The standard InChI is InChI=1S/C19H14ClFN2O/c20-16-5-1-15(2-6-16)19(24)23-18(14-9-11-22-12-10-14)13-3-7-17(21)8-4-13/h1-12,18H,(H,23,24). The number of hydrogen-bond acceptors (Lipinski definition) is 2. The first-order chi connectivity index (χ1) is 11.6. The van der Waals surface area contributed by atoms with E-state index in [9.17, 15) is 9.18 Å². The van der Waals surface area contributed by atoms with Crippen LogP contribution in [0.2, 0.25) is 5.02 Å². The number of nitrogens with one attached hydrogen (secondary N) is 1. The van der Waals surface area contributed by atoms with E-state index in [-0.39, 0.29) is 11.7 Å². The molecule has 1 atom stereocenters. The van der Waals surface area contributed by atoms with Crippen LogP contribution in [-0.2, 0) is 0 Å². The lowest BCUT2D eigenvalue weighted by atomic mass is 9.99. The molecule has 3 nitrogen and oxygen atoms in total. The number of aromatic nitrogens is 1. The number of nitrogens with zero attached hydrogens (tertiary/aromatic N) is 1. The molecule has 5 heteroatoms. The Labute approximate surface area is 144 Å². The zero-order valence-electron chi connectivity index (χ0n) is 12.6. The summed E-state index contributed by atoms with van der Waals surface area (Å²) in [6, 6.07) is 15.9. The Morgan fingerprint density at radius 1 is 0.917 bits per heavy atom. The summed E-state index contributed by atoms with van der Waals surface area (Å²) in [5.74, 6) is -0.561. The monoisotopic (exact) mass is 340 g/mol. The highest BCUT2D eigenvalue weighted by molar-refractivity contribution is 6.30. The van der Waals surface area contributed by atoms with Gasteiger partial charge in [0.05, 0.1) is 6.04 Å². The normalized spacial score (nSPS) is 11.8. The Hall–Kier alpha value is -2.72. The second-order valence-corrected chi connectivity index (χ2v) is 5.68. The van der Waals surface area contributed by atoms with Crippen molar-refractivity contribution >= 4 is 17.5 Å². The van der Waals surface area contributed by atoms with Crippen molar-refractivity contribution in [3.05, 3.63) is 101 Å². The van der Waals surface area contributed by atoms with E-state index in [2.05, 4.69) is 10.3 Å². The Morgan fingerprint density at radius 2 is 1.50 bits per heavy atom. The fraction of sp³-hybridized carbons (Fsp3) is 0.0526. The highest BCUT2D eigenvalue weighted by Gasteiger charge is 2.18. The van der Waals surface area contributed by atoms with E-state index >= 15 is 0 Å². The van der Waals surface area contributed by atoms with Gasteiger partial charge in [-0.05, 0) is 59.7 Å². The van der Waals surface area contributed by atoms with Crippen LogP contribution in [0.15, 0.2) is 73.1 Å². The molecule has 3 rings (SSSR count). The maximum Gasteiger partial charge on any atom is 0.252 e. The summed E-state index contributed by atoms with van der Waals surface area (Å²) >= 11 is 5.85. The third kappa shape index (κ3) is 3.78. The summed E-state index contributed by atoms with van der Waals surface area (Å²) in [6.45, 7) is 0. The van der Waals surface area contributed by atoms with Crippen molar-refractivity contribution in [3.8, 4) is 0 Å². The molecule has 0 fully saturated rings. The first-order valence-corrected chi connectivity index (χ1v) is 7.73. The van der Waals surface area contributed by atoms with Gasteiger partial charge < -0.3 is 5.32 Å². The van der Waals surface area contributed by atoms with E-state index in [0.29, 0.717) is 10.6 Å². The van der Waals surface area contributed by atoms with Crippen molar-refractivity contribution in [1.82, 2.24) is 10.3 Å². The predicted molar refractivity (Wildman–Crippen MR) is 91.4 cm³/mol. The molecule has 24 heavy (non-hydrogen) atoms. The number of amides is 1. The van der Waals surface area contributed by atoms with Crippen LogP contribution < -0.4 is 5.32 Å². The van der Waals surface area contributed by atoms with Crippen molar-refractivity contribution in [2.75, 3.05) is 0 Å². The predicted octanol–water partition coefficient (Wildman–Crippen LogP) is 4.39. The molecule has 0 aliphatic rings. The Balaban J connectivity index is 1.91. The molecule has 1 amide bonds. The van der Waals surface area contributed by atoms with Gasteiger partial charge in [0.25, 0.3) is 5.91 Å². The summed E-state index contributed by atoms with van der Waals surface area (Å²) in [6.07, 6.45) is 3.31. The van der Waals surface area contributed by atoms with Crippen LogP contribution >= 0.6 is 11.6 Å². The third-order valence-corrected chi connectivity index (χ3v) is 3.88. The number of pyridine rings is 1. The lowest BCUT2D eigenvalue weighted by Crippen LogP contribution is -2.29. The van der Waals surface area contributed by atoms with E-state index in [1.807, 2.05) is 12.1 Å². The second-order valence-electron chi connectivity index (χ2n) is 5.25. The van der Waals surface area contributed by atoms with Crippen LogP contribution in [-0.4, -0.2) is 10.9 Å². The van der Waals surface area contributed by atoms with Crippen LogP contribution in [0.4, 0.5) is 4.39 Å². The number of hydrogen-bond donors (Lipinski definition) is 1. The zero-order valence-corrected chi connectivity index (χ0v) is 13.4. The van der Waals surface area contributed by atoms with Gasteiger partial charge in [-0.2, -0.15) is 0 Å². The maximum atomic E-state index is 13.2. The molecule has 0 aliphatic heterocycles. The molecule has 2 aromatic carbocycles. The van der Waals surface area contributed by atoms with Crippen LogP contribution in [0.3, 0.4) is 0 Å². The van der Waals surface area contributed by atoms with Crippen molar-refractivity contribution in [1.29, 1.82) is 0 Å². The van der Waals surface area contributed by atoms with Gasteiger partial charge in [0.2, 0.25) is 0 Å². The summed E-state index contributed by atoms with van der Waals surface area (Å²) in [4.78, 5) is 16.5. The summed E-state index contributed by atoms with van der Waals surface area (Å²) in [7, 11) is 0. The van der Waals surface area contributed by atoms with Crippen molar-refractivity contribution in [2.45, 2.75) is 6.04 Å². The lowest BCUT2D eigenvalue weighted by molar-refractivity contribution is 0.0943. The minimum atomic E-state index is -0.406. The van der Waals surface area contributed by atoms with Gasteiger partial charge in [0.1, 0.15) is 5.82 Å². The number of benzene rings is 2. The SMILES string of the molecule is O=C(NC(c1ccncc1)c1ccc(F)cc1)c1ccc(Cl)cc1. The van der Waals surface area contributed by atoms with Crippen LogP contribution in [0.25, 0.3) is 0 Å². The van der Waals surface area contributed by atoms with E-state index in [1.165, 1.54) is 12.1 Å². The number of rotatable bonds is 4. The third-order valence-electron chi connectivity index (χ3n) is 3.62. The highest BCUT2D eigenvalue weighted by atomic mass is 35.5. The van der Waals surface area contributed by atoms with Gasteiger partial charge in [-0.3, -0.25) is 9.78 Å². The molecule has 0 bridgehead atoms. The van der Waals surface area contributed by atoms with E-state index in [4.69, 9.17) is 11.6 Å². The molecule has 0 aliphatic carbocycles. The maximum absolute atomic E-state index is 13.2. The second kappa shape index (κ2) is 7.23. The van der Waals surface area contributed by atoms with Gasteiger partial charge in [-0.15, -0.1) is 0 Å².